The van der Waals surface area contributed by atoms with E-state index < -0.39 is 0 Å². The van der Waals surface area contributed by atoms with E-state index in [0.29, 0.717) is 24.8 Å². The van der Waals surface area contributed by atoms with Crippen LogP contribution < -0.4 is 11.1 Å². The molecular weight excluding hydrogens is 356 g/mol. The first kappa shape index (κ1) is 16.2. The van der Waals surface area contributed by atoms with Crippen molar-refractivity contribution in [2.45, 2.75) is 38.3 Å². The first-order valence-electron chi connectivity index (χ1n) is 7.93. The summed E-state index contributed by atoms with van der Waals surface area (Å²) in [6, 6.07) is 8.27. The summed E-state index contributed by atoms with van der Waals surface area (Å²) >= 11 is 3.43. The van der Waals surface area contributed by atoms with Crippen molar-refractivity contribution in [1.29, 1.82) is 0 Å². The highest BCUT2D eigenvalue weighted by molar-refractivity contribution is 9.10. The molecule has 1 amide bonds. The molecule has 3 rings (SSSR count). The van der Waals surface area contributed by atoms with E-state index >= 15 is 0 Å². The van der Waals surface area contributed by atoms with Crippen LogP contribution in [-0.4, -0.2) is 21.5 Å². The van der Waals surface area contributed by atoms with Crippen molar-refractivity contribution in [3.05, 3.63) is 46.7 Å². The second-order valence-electron chi connectivity index (χ2n) is 6.11. The van der Waals surface area contributed by atoms with E-state index in [0.717, 1.165) is 29.3 Å². The molecule has 1 fully saturated rings. The maximum absolute atomic E-state index is 12.2. The molecule has 1 aliphatic carbocycles. The second kappa shape index (κ2) is 7.27. The fraction of sp³-hybridized carbons (Fsp3) is 0.412. The normalized spacial score (nSPS) is 20.6. The maximum Gasteiger partial charge on any atom is 0.227 e. The van der Waals surface area contributed by atoms with Gasteiger partial charge in [-0.15, -0.1) is 0 Å². The van der Waals surface area contributed by atoms with E-state index in [1.165, 1.54) is 0 Å². The molecule has 1 aromatic heterocycles. The molecule has 0 saturated heterocycles. The van der Waals surface area contributed by atoms with E-state index in [9.17, 15) is 4.79 Å². The zero-order valence-corrected chi connectivity index (χ0v) is 14.5. The van der Waals surface area contributed by atoms with Gasteiger partial charge in [0.05, 0.1) is 6.54 Å². The molecule has 2 aromatic rings. The number of nitrogens with two attached hydrogens (primary N) is 1. The van der Waals surface area contributed by atoms with Crippen LogP contribution >= 0.6 is 15.9 Å². The molecule has 0 bridgehead atoms. The Hall–Kier alpha value is -1.66. The number of aromatic nitrogens is 2. The molecule has 0 unspecified atom stereocenters. The highest BCUT2D eigenvalue weighted by Crippen LogP contribution is 2.27. The van der Waals surface area contributed by atoms with Crippen molar-refractivity contribution in [3.63, 3.8) is 0 Å². The molecule has 5 nitrogen and oxygen atoms in total. The predicted octanol–water partition coefficient (Wildman–Crippen LogP) is 3.15. The van der Waals surface area contributed by atoms with Crippen molar-refractivity contribution in [2.75, 3.05) is 5.32 Å². The second-order valence-corrected chi connectivity index (χ2v) is 7.03. The summed E-state index contributed by atoms with van der Waals surface area (Å²) < 4.78 is 2.99. The van der Waals surface area contributed by atoms with E-state index in [1.807, 2.05) is 35.0 Å². The van der Waals surface area contributed by atoms with E-state index in [2.05, 4.69) is 26.2 Å². The number of hydrogen-bond donors (Lipinski definition) is 2. The van der Waals surface area contributed by atoms with Crippen LogP contribution in [0.5, 0.6) is 0 Å². The van der Waals surface area contributed by atoms with E-state index in [4.69, 9.17) is 5.73 Å². The Bertz CT molecular complexity index is 667. The van der Waals surface area contributed by atoms with Crippen LogP contribution in [0.25, 0.3) is 0 Å². The Morgan fingerprint density at radius 2 is 2.13 bits per heavy atom. The first-order valence-corrected chi connectivity index (χ1v) is 8.72. The van der Waals surface area contributed by atoms with Crippen molar-refractivity contribution >= 4 is 27.8 Å². The van der Waals surface area contributed by atoms with Gasteiger partial charge in [0, 0.05) is 29.3 Å². The molecule has 23 heavy (non-hydrogen) atoms. The summed E-state index contributed by atoms with van der Waals surface area (Å²) in [5, 5.41) is 2.92. The van der Waals surface area contributed by atoms with Gasteiger partial charge in [-0.2, -0.15) is 0 Å². The number of carbonyl (C=O) groups excluding carboxylic acids is 1. The van der Waals surface area contributed by atoms with Crippen LogP contribution in [-0.2, 0) is 11.3 Å². The number of nitrogens with zero attached hydrogens (tertiary/aromatic N) is 2. The van der Waals surface area contributed by atoms with Crippen LogP contribution in [0.15, 0.2) is 41.1 Å². The van der Waals surface area contributed by atoms with Crippen molar-refractivity contribution in [2.24, 2.45) is 11.7 Å². The quantitative estimate of drug-likeness (QED) is 0.841. The van der Waals surface area contributed by atoms with Crippen LogP contribution in [0.4, 0.5) is 5.95 Å². The zero-order chi connectivity index (χ0) is 16.2. The van der Waals surface area contributed by atoms with Gasteiger partial charge < -0.3 is 10.3 Å². The number of hydrogen-bond acceptors (Lipinski definition) is 3. The van der Waals surface area contributed by atoms with Crippen LogP contribution in [0.2, 0.25) is 0 Å². The number of nitrogens with one attached hydrogen (secondary N) is 1. The summed E-state index contributed by atoms with van der Waals surface area (Å²) in [6.45, 7) is 0.672. The molecule has 1 heterocycles. The van der Waals surface area contributed by atoms with Gasteiger partial charge in [0.1, 0.15) is 0 Å². The molecule has 1 aliphatic rings. The van der Waals surface area contributed by atoms with E-state index in [1.54, 1.807) is 6.20 Å². The van der Waals surface area contributed by atoms with Gasteiger partial charge >= 0.3 is 0 Å². The lowest BCUT2D eigenvalue weighted by molar-refractivity contribution is -0.117. The van der Waals surface area contributed by atoms with Gasteiger partial charge in [-0.25, -0.2) is 4.98 Å². The summed E-state index contributed by atoms with van der Waals surface area (Å²) in [7, 11) is 0. The maximum atomic E-state index is 12.2. The largest absolute Gasteiger partial charge is 0.327 e. The number of carbonyl (C=O) groups is 1. The Balaban J connectivity index is 1.61. The molecule has 6 heteroatoms. The van der Waals surface area contributed by atoms with Crippen molar-refractivity contribution in [1.82, 2.24) is 9.55 Å². The Labute approximate surface area is 144 Å². The number of imidazole rings is 1. The number of benzene rings is 1. The lowest BCUT2D eigenvalue weighted by Gasteiger charge is -2.15. The minimum absolute atomic E-state index is 0.00407. The molecule has 122 valence electrons. The Kier molecular flexibility index (Phi) is 5.13. The predicted molar refractivity (Wildman–Crippen MR) is 94.0 cm³/mol. The average molecular weight is 377 g/mol. The van der Waals surface area contributed by atoms with Gasteiger partial charge in [-0.3, -0.25) is 10.1 Å². The molecule has 0 spiro atoms. The average Bonchev–Trinajstić information content (AvgIpc) is 3.12. The Morgan fingerprint density at radius 3 is 2.83 bits per heavy atom. The topological polar surface area (TPSA) is 72.9 Å². The third kappa shape index (κ3) is 4.20. The van der Waals surface area contributed by atoms with Crippen molar-refractivity contribution in [3.8, 4) is 0 Å². The van der Waals surface area contributed by atoms with Gasteiger partial charge in [-0.1, -0.05) is 34.5 Å². The van der Waals surface area contributed by atoms with Gasteiger partial charge in [-0.05, 0) is 36.5 Å². The monoisotopic (exact) mass is 376 g/mol. The lowest BCUT2D eigenvalue weighted by atomic mass is 10.00. The number of rotatable bonds is 5. The van der Waals surface area contributed by atoms with Gasteiger partial charge in [0.2, 0.25) is 11.9 Å². The third-order valence-corrected chi connectivity index (χ3v) is 4.93. The number of amides is 1. The fourth-order valence-electron chi connectivity index (χ4n) is 3.08. The summed E-state index contributed by atoms with van der Waals surface area (Å²) in [5.41, 5.74) is 7.19. The smallest absolute Gasteiger partial charge is 0.227 e. The number of anilines is 1. The molecule has 1 aromatic carbocycles. The minimum Gasteiger partial charge on any atom is -0.327 e. The molecule has 0 radical (unpaired) electrons. The first-order chi connectivity index (χ1) is 11.1. The van der Waals surface area contributed by atoms with E-state index in [-0.39, 0.29) is 11.9 Å². The molecule has 2 atom stereocenters. The summed E-state index contributed by atoms with van der Waals surface area (Å²) in [4.78, 5) is 16.5. The molecule has 0 aliphatic heterocycles. The highest BCUT2D eigenvalue weighted by Gasteiger charge is 2.26. The minimum atomic E-state index is -0.00407. The van der Waals surface area contributed by atoms with Crippen molar-refractivity contribution < 1.29 is 4.79 Å². The zero-order valence-electron chi connectivity index (χ0n) is 12.9. The fourth-order valence-corrected chi connectivity index (χ4v) is 3.34. The summed E-state index contributed by atoms with van der Waals surface area (Å²) in [6.07, 6.45) is 7.25. The highest BCUT2D eigenvalue weighted by atomic mass is 79.9. The molecular formula is C17H21BrN4O. The summed E-state index contributed by atoms with van der Waals surface area (Å²) in [5.74, 6) is 0.880. The van der Waals surface area contributed by atoms with Crippen LogP contribution in [0, 0.1) is 5.92 Å². The third-order valence-electron chi connectivity index (χ3n) is 4.40. The van der Waals surface area contributed by atoms with Crippen LogP contribution in [0.3, 0.4) is 0 Å². The lowest BCUT2D eigenvalue weighted by Crippen LogP contribution is -2.28. The molecule has 3 N–H and O–H groups in total. The van der Waals surface area contributed by atoms with Gasteiger partial charge in [0.15, 0.2) is 0 Å². The number of halogens is 1. The molecule has 1 saturated carbocycles. The standard InChI is InChI=1S/C17H21BrN4O/c18-14-6-4-12(5-7-14)11-22-9-8-20-17(22)21-16(23)10-13-2-1-3-15(13)19/h4-9,13,15H,1-3,10-11,19H2,(H,20,21,23)/t13-,15+/m0/s1. The van der Waals surface area contributed by atoms with Gasteiger partial charge in [0.25, 0.3) is 0 Å². The van der Waals surface area contributed by atoms with Crippen LogP contribution in [0.1, 0.15) is 31.2 Å². The Morgan fingerprint density at radius 1 is 1.35 bits per heavy atom. The SMILES string of the molecule is N[C@@H]1CCC[C@H]1CC(=O)Nc1nccn1Cc1ccc(Br)cc1.